The van der Waals surface area contributed by atoms with Crippen molar-refractivity contribution in [3.05, 3.63) is 70.9 Å². The summed E-state index contributed by atoms with van der Waals surface area (Å²) in [6, 6.07) is 16.2. The fourth-order valence-corrected chi connectivity index (χ4v) is 5.11. The average Bonchev–Trinajstić information content (AvgIpc) is 3.08. The van der Waals surface area contributed by atoms with Gasteiger partial charge >= 0.3 is 0 Å². The van der Waals surface area contributed by atoms with Gasteiger partial charge in [0.1, 0.15) is 10.1 Å². The van der Waals surface area contributed by atoms with E-state index in [0.717, 1.165) is 18.7 Å². The van der Waals surface area contributed by atoms with Crippen LogP contribution in [0.15, 0.2) is 59.5 Å². The predicted molar refractivity (Wildman–Crippen MR) is 131 cm³/mol. The molecule has 2 saturated heterocycles. The number of carbonyl (C=O) groups is 2. The summed E-state index contributed by atoms with van der Waals surface area (Å²) in [5.41, 5.74) is 1.93. The van der Waals surface area contributed by atoms with Crippen molar-refractivity contribution in [2.45, 2.75) is 12.8 Å². The normalized spacial score (nSPS) is 18.0. The maximum Gasteiger partial charge on any atom is 0.266 e. The number of thiocarbonyl (C=S) groups is 1. The zero-order valence-electron chi connectivity index (χ0n) is 17.6. The van der Waals surface area contributed by atoms with E-state index in [0.29, 0.717) is 41.7 Å². The molecule has 2 fully saturated rings. The Morgan fingerprint density at radius 1 is 1.03 bits per heavy atom. The maximum absolute atomic E-state index is 13.1. The fourth-order valence-electron chi connectivity index (χ4n) is 3.80. The van der Waals surface area contributed by atoms with Gasteiger partial charge in [0, 0.05) is 44.8 Å². The quantitative estimate of drug-likeness (QED) is 0.470. The summed E-state index contributed by atoms with van der Waals surface area (Å²) >= 11 is 6.60. The van der Waals surface area contributed by atoms with Gasteiger partial charge in [0.15, 0.2) is 0 Å². The monoisotopic (exact) mass is 469 g/mol. The van der Waals surface area contributed by atoms with E-state index in [4.69, 9.17) is 12.2 Å². The molecule has 2 aliphatic heterocycles. The van der Waals surface area contributed by atoms with Crippen molar-refractivity contribution in [3.63, 3.8) is 0 Å². The van der Waals surface area contributed by atoms with Gasteiger partial charge in [-0.3, -0.25) is 14.5 Å². The highest BCUT2D eigenvalue weighted by Gasteiger charge is 2.32. The highest BCUT2D eigenvalue weighted by molar-refractivity contribution is 8.26. The van der Waals surface area contributed by atoms with E-state index in [1.807, 2.05) is 23.1 Å². The zero-order chi connectivity index (χ0) is 22.5. The first-order valence-corrected chi connectivity index (χ1v) is 11.8. The van der Waals surface area contributed by atoms with Crippen LogP contribution in [0.5, 0.6) is 0 Å². The van der Waals surface area contributed by atoms with E-state index in [-0.39, 0.29) is 17.6 Å². The Hall–Kier alpha value is -2.71. The van der Waals surface area contributed by atoms with Crippen LogP contribution in [-0.2, 0) is 9.59 Å². The molecule has 2 aromatic rings. The van der Waals surface area contributed by atoms with Gasteiger partial charge < -0.3 is 9.80 Å². The minimum Gasteiger partial charge on any atom is -0.368 e. The maximum atomic E-state index is 13.1. The highest BCUT2D eigenvalue weighted by atomic mass is 32.2. The smallest absolute Gasteiger partial charge is 0.266 e. The topological polar surface area (TPSA) is 43.9 Å². The van der Waals surface area contributed by atoms with Crippen LogP contribution in [0.1, 0.15) is 18.4 Å². The number of halogens is 1. The third-order valence-corrected chi connectivity index (χ3v) is 6.95. The van der Waals surface area contributed by atoms with Crippen LogP contribution < -0.4 is 4.90 Å². The molecule has 2 amide bonds. The van der Waals surface area contributed by atoms with Crippen molar-refractivity contribution < 1.29 is 14.0 Å². The minimum atomic E-state index is -0.319. The Morgan fingerprint density at radius 3 is 2.41 bits per heavy atom. The molecule has 5 nitrogen and oxygen atoms in total. The summed E-state index contributed by atoms with van der Waals surface area (Å²) in [5, 5.41) is 0. The van der Waals surface area contributed by atoms with E-state index < -0.39 is 0 Å². The van der Waals surface area contributed by atoms with Crippen molar-refractivity contribution in [2.24, 2.45) is 0 Å². The molecule has 0 aromatic heterocycles. The lowest BCUT2D eigenvalue weighted by Crippen LogP contribution is -2.48. The summed E-state index contributed by atoms with van der Waals surface area (Å²) < 4.78 is 13.6. The lowest BCUT2D eigenvalue weighted by Gasteiger charge is -2.36. The molecule has 166 valence electrons. The Labute approximate surface area is 196 Å². The van der Waals surface area contributed by atoms with E-state index in [1.165, 1.54) is 29.6 Å². The number of piperazine rings is 1. The van der Waals surface area contributed by atoms with Crippen molar-refractivity contribution >= 4 is 51.9 Å². The Kier molecular flexibility index (Phi) is 7.22. The molecule has 2 aromatic carbocycles. The van der Waals surface area contributed by atoms with Gasteiger partial charge in [0.2, 0.25) is 5.91 Å². The second kappa shape index (κ2) is 10.3. The largest absolute Gasteiger partial charge is 0.368 e. The van der Waals surface area contributed by atoms with Gasteiger partial charge in [-0.1, -0.05) is 54.3 Å². The highest BCUT2D eigenvalue weighted by Crippen LogP contribution is 2.32. The first-order valence-electron chi connectivity index (χ1n) is 10.6. The van der Waals surface area contributed by atoms with Crippen LogP contribution >= 0.6 is 24.0 Å². The Morgan fingerprint density at radius 2 is 1.72 bits per heavy atom. The van der Waals surface area contributed by atoms with Crippen LogP contribution in [0.25, 0.3) is 6.08 Å². The summed E-state index contributed by atoms with van der Waals surface area (Å²) in [6.45, 7) is 3.46. The van der Waals surface area contributed by atoms with E-state index in [2.05, 4.69) is 17.0 Å². The molecule has 4 rings (SSSR count). The molecule has 0 aliphatic carbocycles. The number of benzene rings is 2. The number of nitrogens with zero attached hydrogens (tertiary/aromatic N) is 3. The van der Waals surface area contributed by atoms with Gasteiger partial charge in [0.05, 0.1) is 4.91 Å². The molecule has 8 heteroatoms. The van der Waals surface area contributed by atoms with E-state index in [1.54, 1.807) is 23.1 Å². The van der Waals surface area contributed by atoms with Crippen molar-refractivity contribution in [1.29, 1.82) is 0 Å². The average molecular weight is 470 g/mol. The van der Waals surface area contributed by atoms with E-state index >= 15 is 0 Å². The second-order valence-electron chi connectivity index (χ2n) is 7.69. The van der Waals surface area contributed by atoms with Crippen molar-refractivity contribution in [2.75, 3.05) is 37.6 Å². The molecule has 0 atom stereocenters. The number of para-hydroxylation sites is 1. The first-order chi connectivity index (χ1) is 15.5. The van der Waals surface area contributed by atoms with Gasteiger partial charge in [-0.15, -0.1) is 0 Å². The summed E-state index contributed by atoms with van der Waals surface area (Å²) in [7, 11) is 0. The van der Waals surface area contributed by atoms with Crippen molar-refractivity contribution in [3.8, 4) is 0 Å². The number of hydrogen-bond acceptors (Lipinski definition) is 5. The Bertz CT molecular complexity index is 1020. The predicted octanol–water partition coefficient (Wildman–Crippen LogP) is 4.16. The number of carbonyl (C=O) groups excluding carboxylic acids is 2. The third kappa shape index (κ3) is 5.37. The van der Waals surface area contributed by atoms with Crippen LogP contribution in [0, 0.1) is 5.82 Å². The fraction of sp³-hybridized carbons (Fsp3) is 0.292. The van der Waals surface area contributed by atoms with Gasteiger partial charge in [0.25, 0.3) is 5.91 Å². The SMILES string of the molecule is O=C(CCCN1C(=O)C(=Cc2ccc(F)cc2)SC1=S)N1CCN(c2ccccc2)CC1. The van der Waals surface area contributed by atoms with Gasteiger partial charge in [-0.25, -0.2) is 4.39 Å². The molecule has 0 unspecified atom stereocenters. The van der Waals surface area contributed by atoms with Crippen LogP contribution in [-0.4, -0.2) is 58.7 Å². The van der Waals surface area contributed by atoms with E-state index in [9.17, 15) is 14.0 Å². The van der Waals surface area contributed by atoms with Crippen LogP contribution in [0.4, 0.5) is 10.1 Å². The summed E-state index contributed by atoms with van der Waals surface area (Å²) in [6.07, 6.45) is 2.67. The molecule has 0 saturated carbocycles. The molecular weight excluding hydrogens is 445 g/mol. The molecule has 0 N–H and O–H groups in total. The standard InChI is InChI=1S/C24H24FN3O2S2/c25-19-10-8-18(9-11-19)17-21-23(30)28(24(31)32-21)12-4-7-22(29)27-15-13-26(14-16-27)20-5-2-1-3-6-20/h1-3,5-6,8-11,17H,4,7,12-16H2. The molecule has 0 bridgehead atoms. The number of anilines is 1. The number of hydrogen-bond donors (Lipinski definition) is 0. The minimum absolute atomic E-state index is 0.116. The van der Waals surface area contributed by atoms with Crippen LogP contribution in [0.3, 0.4) is 0 Å². The molecule has 0 radical (unpaired) electrons. The first kappa shape index (κ1) is 22.5. The number of amides is 2. The molecule has 2 aliphatic rings. The van der Waals surface area contributed by atoms with Gasteiger partial charge in [-0.2, -0.15) is 0 Å². The third-order valence-electron chi connectivity index (χ3n) is 5.57. The van der Waals surface area contributed by atoms with Crippen LogP contribution in [0.2, 0.25) is 0 Å². The molecule has 32 heavy (non-hydrogen) atoms. The van der Waals surface area contributed by atoms with Gasteiger partial charge in [-0.05, 0) is 42.3 Å². The van der Waals surface area contributed by atoms with Crippen molar-refractivity contribution in [1.82, 2.24) is 9.80 Å². The lowest BCUT2D eigenvalue weighted by molar-refractivity contribution is -0.132. The lowest BCUT2D eigenvalue weighted by atomic mass is 10.2. The molecule has 0 spiro atoms. The summed E-state index contributed by atoms with van der Waals surface area (Å²) in [5.74, 6) is -0.362. The Balaban J connectivity index is 1.24. The molecular formula is C24H24FN3O2S2. The zero-order valence-corrected chi connectivity index (χ0v) is 19.2. The second-order valence-corrected chi connectivity index (χ2v) is 9.37. The number of rotatable bonds is 6. The summed E-state index contributed by atoms with van der Waals surface area (Å²) in [4.78, 5) is 31.6. The number of thioether (sulfide) groups is 1. The molecule has 2 heterocycles.